The van der Waals surface area contributed by atoms with Crippen LogP contribution in [0.1, 0.15) is 35.5 Å². The molecular weight excluding hydrogens is 294 g/mol. The molecule has 0 saturated heterocycles. The van der Waals surface area contributed by atoms with Crippen molar-refractivity contribution < 1.29 is 9.36 Å². The van der Waals surface area contributed by atoms with Gasteiger partial charge in [0, 0.05) is 35.1 Å². The van der Waals surface area contributed by atoms with Gasteiger partial charge in [-0.2, -0.15) is 4.57 Å². The normalized spacial score (nSPS) is 11.5. The highest BCUT2D eigenvalue weighted by molar-refractivity contribution is 5.97. The number of aromatic nitrogens is 1. The van der Waals surface area contributed by atoms with Crippen LogP contribution < -0.4 is 4.57 Å². The third kappa shape index (κ3) is 3.28. The highest BCUT2D eigenvalue weighted by Crippen LogP contribution is 2.14. The SMILES string of the molecule is CC(C)C(=O)c1ccc(/C=C/c2ccc3ccccc3[n+]2C)cc1. The van der Waals surface area contributed by atoms with Crippen LogP contribution in [0, 0.1) is 5.92 Å². The van der Waals surface area contributed by atoms with E-state index >= 15 is 0 Å². The minimum atomic E-state index is 0.0306. The smallest absolute Gasteiger partial charge is 0.212 e. The average molecular weight is 316 g/mol. The highest BCUT2D eigenvalue weighted by atomic mass is 16.1. The Morgan fingerprint density at radius 3 is 2.33 bits per heavy atom. The first-order valence-corrected chi connectivity index (χ1v) is 8.26. The zero-order valence-corrected chi connectivity index (χ0v) is 14.4. The molecule has 0 amide bonds. The molecule has 24 heavy (non-hydrogen) atoms. The number of pyridine rings is 1. The Balaban J connectivity index is 1.86. The summed E-state index contributed by atoms with van der Waals surface area (Å²) in [6.45, 7) is 3.85. The predicted molar refractivity (Wildman–Crippen MR) is 99.7 cm³/mol. The van der Waals surface area contributed by atoms with Crippen molar-refractivity contribution in [2.24, 2.45) is 13.0 Å². The van der Waals surface area contributed by atoms with Gasteiger partial charge in [0.25, 0.3) is 0 Å². The molecule has 1 aromatic heterocycles. The van der Waals surface area contributed by atoms with Crippen molar-refractivity contribution in [3.05, 3.63) is 77.5 Å². The molecule has 0 atom stereocenters. The van der Waals surface area contributed by atoms with E-state index in [4.69, 9.17) is 0 Å². The second-order valence-corrected chi connectivity index (χ2v) is 6.35. The van der Waals surface area contributed by atoms with Crippen molar-refractivity contribution in [1.82, 2.24) is 0 Å². The molecule has 0 fully saturated rings. The van der Waals surface area contributed by atoms with Gasteiger partial charge in [-0.1, -0.05) is 50.2 Å². The Kier molecular flexibility index (Phi) is 4.57. The molecule has 0 radical (unpaired) electrons. The van der Waals surface area contributed by atoms with Gasteiger partial charge in [-0.3, -0.25) is 4.79 Å². The lowest BCUT2D eigenvalue weighted by Gasteiger charge is -2.04. The first-order chi connectivity index (χ1) is 11.6. The van der Waals surface area contributed by atoms with Gasteiger partial charge in [0.1, 0.15) is 7.05 Å². The Morgan fingerprint density at radius 1 is 0.917 bits per heavy atom. The summed E-state index contributed by atoms with van der Waals surface area (Å²) in [7, 11) is 2.08. The molecule has 0 spiro atoms. The fraction of sp³-hybridized carbons (Fsp3) is 0.182. The average Bonchev–Trinajstić information content (AvgIpc) is 2.61. The minimum absolute atomic E-state index is 0.0306. The van der Waals surface area contributed by atoms with Crippen molar-refractivity contribution in [1.29, 1.82) is 0 Å². The maximum atomic E-state index is 12.0. The van der Waals surface area contributed by atoms with Gasteiger partial charge in [0.15, 0.2) is 5.78 Å². The third-order valence-corrected chi connectivity index (χ3v) is 4.29. The molecule has 0 aliphatic heterocycles. The number of benzene rings is 2. The summed E-state index contributed by atoms with van der Waals surface area (Å²) in [6, 6.07) is 20.4. The van der Waals surface area contributed by atoms with E-state index < -0.39 is 0 Å². The number of Topliss-reactive ketones (excluding diaryl/α,β-unsaturated/α-hetero) is 1. The first-order valence-electron chi connectivity index (χ1n) is 8.26. The van der Waals surface area contributed by atoms with Crippen LogP contribution in [0.25, 0.3) is 23.1 Å². The fourth-order valence-corrected chi connectivity index (χ4v) is 2.80. The van der Waals surface area contributed by atoms with Gasteiger partial charge in [-0.25, -0.2) is 0 Å². The number of nitrogens with zero attached hydrogens (tertiary/aromatic N) is 1. The van der Waals surface area contributed by atoms with Gasteiger partial charge in [0.2, 0.25) is 11.2 Å². The van der Waals surface area contributed by atoms with E-state index in [1.807, 2.05) is 38.1 Å². The number of fused-ring (bicyclic) bond motifs is 1. The molecule has 0 saturated carbocycles. The Morgan fingerprint density at radius 2 is 1.62 bits per heavy atom. The molecule has 0 bridgehead atoms. The lowest BCUT2D eigenvalue weighted by molar-refractivity contribution is -0.646. The molecule has 0 aliphatic carbocycles. The lowest BCUT2D eigenvalue weighted by Crippen LogP contribution is -2.32. The summed E-state index contributed by atoms with van der Waals surface area (Å²) >= 11 is 0. The monoisotopic (exact) mass is 316 g/mol. The van der Waals surface area contributed by atoms with Crippen molar-refractivity contribution in [2.45, 2.75) is 13.8 Å². The van der Waals surface area contributed by atoms with Gasteiger partial charge in [0.05, 0.1) is 0 Å². The maximum Gasteiger partial charge on any atom is 0.212 e. The van der Waals surface area contributed by atoms with E-state index in [-0.39, 0.29) is 11.7 Å². The summed E-state index contributed by atoms with van der Waals surface area (Å²) in [6.07, 6.45) is 4.18. The van der Waals surface area contributed by atoms with Crippen LogP contribution in [0.3, 0.4) is 0 Å². The van der Waals surface area contributed by atoms with Crippen LogP contribution in [0.15, 0.2) is 60.7 Å². The molecule has 0 unspecified atom stereocenters. The molecule has 2 nitrogen and oxygen atoms in total. The molecule has 0 aliphatic rings. The van der Waals surface area contributed by atoms with E-state index in [2.05, 4.69) is 60.2 Å². The van der Waals surface area contributed by atoms with E-state index in [1.54, 1.807) is 0 Å². The van der Waals surface area contributed by atoms with Crippen molar-refractivity contribution in [2.75, 3.05) is 0 Å². The molecule has 3 aromatic rings. The first kappa shape index (κ1) is 16.1. The molecule has 120 valence electrons. The number of para-hydroxylation sites is 1. The summed E-state index contributed by atoms with van der Waals surface area (Å²) < 4.78 is 2.18. The van der Waals surface area contributed by atoms with E-state index in [0.29, 0.717) is 0 Å². The zero-order chi connectivity index (χ0) is 17.1. The number of rotatable bonds is 4. The van der Waals surface area contributed by atoms with Gasteiger partial charge in [-0.15, -0.1) is 0 Å². The number of ketones is 1. The molecule has 3 rings (SSSR count). The predicted octanol–water partition coefficient (Wildman–Crippen LogP) is 4.67. The van der Waals surface area contributed by atoms with Crippen molar-refractivity contribution in [3.63, 3.8) is 0 Å². The summed E-state index contributed by atoms with van der Waals surface area (Å²) in [5, 5.41) is 1.23. The van der Waals surface area contributed by atoms with Crippen LogP contribution in [-0.2, 0) is 7.05 Å². The van der Waals surface area contributed by atoms with E-state index in [0.717, 1.165) is 16.8 Å². The fourth-order valence-electron chi connectivity index (χ4n) is 2.80. The molecule has 2 aromatic carbocycles. The number of carbonyl (C=O) groups excluding carboxylic acids is 1. The van der Waals surface area contributed by atoms with Crippen molar-refractivity contribution in [3.8, 4) is 0 Å². The quantitative estimate of drug-likeness (QED) is 0.506. The van der Waals surface area contributed by atoms with Gasteiger partial charge < -0.3 is 0 Å². The molecule has 0 N–H and O–H groups in total. The molecule has 1 heterocycles. The van der Waals surface area contributed by atoms with Crippen LogP contribution in [0.2, 0.25) is 0 Å². The van der Waals surface area contributed by atoms with Crippen molar-refractivity contribution >= 4 is 28.8 Å². The van der Waals surface area contributed by atoms with E-state index in [1.165, 1.54) is 10.9 Å². The summed E-state index contributed by atoms with van der Waals surface area (Å²) in [4.78, 5) is 12.0. The Labute approximate surface area is 143 Å². The number of hydrogen-bond acceptors (Lipinski definition) is 1. The van der Waals surface area contributed by atoms with Crippen LogP contribution in [-0.4, -0.2) is 5.78 Å². The van der Waals surface area contributed by atoms with E-state index in [9.17, 15) is 4.79 Å². The summed E-state index contributed by atoms with van der Waals surface area (Å²) in [5.74, 6) is 0.217. The minimum Gasteiger partial charge on any atom is -0.294 e. The van der Waals surface area contributed by atoms with Crippen LogP contribution in [0.4, 0.5) is 0 Å². The highest BCUT2D eigenvalue weighted by Gasteiger charge is 2.10. The van der Waals surface area contributed by atoms with Crippen LogP contribution >= 0.6 is 0 Å². The van der Waals surface area contributed by atoms with Gasteiger partial charge in [-0.05, 0) is 23.8 Å². The summed E-state index contributed by atoms with van der Waals surface area (Å²) in [5.41, 5.74) is 4.20. The second kappa shape index (κ2) is 6.79. The Hall–Kier alpha value is -2.74. The Bertz CT molecular complexity index is 905. The topological polar surface area (TPSA) is 20.9 Å². The van der Waals surface area contributed by atoms with Gasteiger partial charge >= 0.3 is 0 Å². The maximum absolute atomic E-state index is 12.0. The lowest BCUT2D eigenvalue weighted by atomic mass is 10.00. The number of carbonyl (C=O) groups is 1. The molecule has 2 heteroatoms. The number of hydrogen-bond donors (Lipinski definition) is 0. The standard InChI is InChI=1S/C22H22NO/c1-16(2)22(24)19-11-8-17(9-12-19)10-14-20-15-13-18-6-4-5-7-21(18)23(20)3/h4-16H,1-3H3/q+1/b14-10+. The second-order valence-electron chi connectivity index (χ2n) is 6.35. The van der Waals surface area contributed by atoms with Crippen LogP contribution in [0.5, 0.6) is 0 Å². The number of aryl methyl sites for hydroxylation is 1. The zero-order valence-electron chi connectivity index (χ0n) is 14.4. The third-order valence-electron chi connectivity index (χ3n) is 4.29. The molecular formula is C22H22NO+. The largest absolute Gasteiger partial charge is 0.294 e.